The van der Waals surface area contributed by atoms with Crippen LogP contribution in [0.4, 0.5) is 10.1 Å². The molecule has 2 aromatic carbocycles. The Morgan fingerprint density at radius 2 is 1.55 bits per heavy atom. The SMILES string of the molecule is O=S(=O)(Nc1c(Cl)cc(Cl)cc1Cl)c1ccccc1F. The third-order valence-electron chi connectivity index (χ3n) is 2.37. The van der Waals surface area contributed by atoms with Crippen LogP contribution in [0, 0.1) is 5.82 Å². The largest absolute Gasteiger partial charge is 0.277 e. The minimum atomic E-state index is -4.14. The fourth-order valence-corrected chi connectivity index (χ4v) is 3.70. The Labute approximate surface area is 130 Å². The molecule has 0 saturated heterocycles. The van der Waals surface area contributed by atoms with Gasteiger partial charge in [0.15, 0.2) is 0 Å². The molecule has 0 amide bonds. The molecule has 20 heavy (non-hydrogen) atoms. The Morgan fingerprint density at radius 3 is 2.10 bits per heavy atom. The standard InChI is InChI=1S/C12H7Cl3FNO2S/c13-7-5-8(14)12(9(15)6-7)17-20(18,19)11-4-2-1-3-10(11)16/h1-6,17H. The van der Waals surface area contributed by atoms with E-state index in [1.54, 1.807) is 0 Å². The zero-order chi connectivity index (χ0) is 14.9. The van der Waals surface area contributed by atoms with E-state index in [1.807, 2.05) is 0 Å². The second-order valence-electron chi connectivity index (χ2n) is 3.78. The molecule has 0 aliphatic rings. The van der Waals surface area contributed by atoms with Crippen LogP contribution in [-0.2, 0) is 10.0 Å². The predicted octanol–water partition coefficient (Wildman–Crippen LogP) is 4.59. The summed E-state index contributed by atoms with van der Waals surface area (Å²) in [4.78, 5) is -0.498. The molecule has 0 atom stereocenters. The summed E-state index contributed by atoms with van der Waals surface area (Å²) in [6.45, 7) is 0. The summed E-state index contributed by atoms with van der Waals surface area (Å²) in [6, 6.07) is 7.62. The summed E-state index contributed by atoms with van der Waals surface area (Å²) in [6.07, 6.45) is 0. The number of rotatable bonds is 3. The number of benzene rings is 2. The Balaban J connectivity index is 2.47. The highest BCUT2D eigenvalue weighted by molar-refractivity contribution is 7.92. The monoisotopic (exact) mass is 353 g/mol. The lowest BCUT2D eigenvalue weighted by atomic mass is 10.3. The van der Waals surface area contributed by atoms with Crippen molar-refractivity contribution in [3.8, 4) is 0 Å². The minimum absolute atomic E-state index is 0.0161. The Hall–Kier alpha value is -1.01. The summed E-state index contributed by atoms with van der Waals surface area (Å²) in [5.74, 6) is -0.874. The molecule has 2 aromatic rings. The zero-order valence-corrected chi connectivity index (χ0v) is 12.8. The second kappa shape index (κ2) is 5.77. The summed E-state index contributed by atoms with van der Waals surface area (Å²) in [5.41, 5.74) is -0.0546. The first kappa shape index (κ1) is 15.4. The van der Waals surface area contributed by atoms with Gasteiger partial charge in [-0.25, -0.2) is 12.8 Å². The van der Waals surface area contributed by atoms with E-state index in [-0.39, 0.29) is 20.8 Å². The summed E-state index contributed by atoms with van der Waals surface area (Å²) in [5, 5.41) is 0.290. The lowest BCUT2D eigenvalue weighted by Crippen LogP contribution is -2.15. The molecule has 0 spiro atoms. The maximum absolute atomic E-state index is 13.5. The summed E-state index contributed by atoms with van der Waals surface area (Å²) in [7, 11) is -4.14. The van der Waals surface area contributed by atoms with Crippen LogP contribution in [0.15, 0.2) is 41.3 Å². The van der Waals surface area contributed by atoms with E-state index in [9.17, 15) is 12.8 Å². The third kappa shape index (κ3) is 3.17. The predicted molar refractivity (Wildman–Crippen MR) is 78.7 cm³/mol. The highest BCUT2D eigenvalue weighted by atomic mass is 35.5. The van der Waals surface area contributed by atoms with Crippen molar-refractivity contribution in [3.63, 3.8) is 0 Å². The topological polar surface area (TPSA) is 46.2 Å². The highest BCUT2D eigenvalue weighted by Crippen LogP contribution is 2.35. The van der Waals surface area contributed by atoms with Gasteiger partial charge >= 0.3 is 0 Å². The van der Waals surface area contributed by atoms with Crippen LogP contribution in [0.5, 0.6) is 0 Å². The fourth-order valence-electron chi connectivity index (χ4n) is 1.49. The smallest absolute Gasteiger partial charge is 0.264 e. The number of halogens is 4. The van der Waals surface area contributed by atoms with Crippen molar-refractivity contribution in [2.45, 2.75) is 4.90 Å². The van der Waals surface area contributed by atoms with Crippen molar-refractivity contribution >= 4 is 50.5 Å². The van der Waals surface area contributed by atoms with Crippen molar-refractivity contribution in [2.75, 3.05) is 4.72 Å². The first-order chi connectivity index (χ1) is 9.31. The van der Waals surface area contributed by atoms with Crippen molar-refractivity contribution in [2.24, 2.45) is 0 Å². The van der Waals surface area contributed by atoms with Crippen LogP contribution >= 0.6 is 34.8 Å². The van der Waals surface area contributed by atoms with Crippen LogP contribution in [0.2, 0.25) is 15.1 Å². The molecule has 0 radical (unpaired) electrons. The van der Waals surface area contributed by atoms with Gasteiger partial charge in [-0.3, -0.25) is 4.72 Å². The van der Waals surface area contributed by atoms with Gasteiger partial charge in [0.25, 0.3) is 10.0 Å². The highest BCUT2D eigenvalue weighted by Gasteiger charge is 2.21. The molecule has 0 saturated carbocycles. The fraction of sp³-hybridized carbons (Fsp3) is 0. The van der Waals surface area contributed by atoms with Crippen LogP contribution < -0.4 is 4.72 Å². The van der Waals surface area contributed by atoms with Gasteiger partial charge in [-0.15, -0.1) is 0 Å². The Morgan fingerprint density at radius 1 is 1.00 bits per heavy atom. The minimum Gasteiger partial charge on any atom is -0.277 e. The van der Waals surface area contributed by atoms with Crippen LogP contribution in [-0.4, -0.2) is 8.42 Å². The van der Waals surface area contributed by atoms with Gasteiger partial charge in [-0.2, -0.15) is 0 Å². The summed E-state index contributed by atoms with van der Waals surface area (Å²) >= 11 is 17.5. The molecule has 0 aliphatic carbocycles. The molecule has 8 heteroatoms. The molecule has 2 rings (SSSR count). The molecule has 0 aromatic heterocycles. The second-order valence-corrected chi connectivity index (χ2v) is 6.68. The first-order valence-electron chi connectivity index (χ1n) is 5.23. The molecule has 0 fully saturated rings. The van der Waals surface area contributed by atoms with Gasteiger partial charge in [-0.1, -0.05) is 46.9 Å². The van der Waals surface area contributed by atoms with E-state index < -0.39 is 20.7 Å². The average molecular weight is 355 g/mol. The molecule has 3 nitrogen and oxygen atoms in total. The quantitative estimate of drug-likeness (QED) is 0.876. The molecule has 1 N–H and O–H groups in total. The Kier molecular flexibility index (Phi) is 4.44. The molecule has 0 heterocycles. The lowest BCUT2D eigenvalue weighted by molar-refractivity contribution is 0.570. The van der Waals surface area contributed by atoms with E-state index in [4.69, 9.17) is 34.8 Å². The van der Waals surface area contributed by atoms with Crippen molar-refractivity contribution < 1.29 is 12.8 Å². The summed E-state index contributed by atoms with van der Waals surface area (Å²) < 4.78 is 39.9. The molecular formula is C12H7Cl3FNO2S. The molecule has 0 bridgehead atoms. The third-order valence-corrected chi connectivity index (χ3v) is 4.57. The van der Waals surface area contributed by atoms with Crippen LogP contribution in [0.3, 0.4) is 0 Å². The first-order valence-corrected chi connectivity index (χ1v) is 7.85. The van der Waals surface area contributed by atoms with Gasteiger partial charge in [0, 0.05) is 5.02 Å². The molecule has 0 unspecified atom stereocenters. The van der Waals surface area contributed by atoms with E-state index in [2.05, 4.69) is 4.72 Å². The number of hydrogen-bond acceptors (Lipinski definition) is 2. The molecule has 106 valence electrons. The molecule has 0 aliphatic heterocycles. The Bertz CT molecular complexity index is 742. The van der Waals surface area contributed by atoms with Gasteiger partial charge in [0.05, 0.1) is 15.7 Å². The van der Waals surface area contributed by atoms with Crippen LogP contribution in [0.25, 0.3) is 0 Å². The number of hydrogen-bond donors (Lipinski definition) is 1. The number of nitrogens with one attached hydrogen (secondary N) is 1. The normalized spacial score (nSPS) is 11.4. The zero-order valence-electron chi connectivity index (χ0n) is 9.70. The number of sulfonamides is 1. The van der Waals surface area contributed by atoms with Crippen molar-refractivity contribution in [3.05, 3.63) is 57.3 Å². The van der Waals surface area contributed by atoms with Crippen molar-refractivity contribution in [1.29, 1.82) is 0 Å². The maximum atomic E-state index is 13.5. The van der Waals surface area contributed by atoms with Gasteiger partial charge in [-0.05, 0) is 24.3 Å². The lowest BCUT2D eigenvalue weighted by Gasteiger charge is -2.12. The number of anilines is 1. The van der Waals surface area contributed by atoms with Gasteiger partial charge in [0.2, 0.25) is 0 Å². The maximum Gasteiger partial charge on any atom is 0.264 e. The van der Waals surface area contributed by atoms with E-state index >= 15 is 0 Å². The van der Waals surface area contributed by atoms with E-state index in [0.29, 0.717) is 0 Å². The van der Waals surface area contributed by atoms with E-state index in [1.165, 1.54) is 24.3 Å². The van der Waals surface area contributed by atoms with Crippen LogP contribution in [0.1, 0.15) is 0 Å². The van der Waals surface area contributed by atoms with Gasteiger partial charge in [0.1, 0.15) is 10.7 Å². The average Bonchev–Trinajstić information content (AvgIpc) is 2.34. The van der Waals surface area contributed by atoms with Gasteiger partial charge < -0.3 is 0 Å². The molecular weight excluding hydrogens is 348 g/mol. The van der Waals surface area contributed by atoms with Crippen molar-refractivity contribution in [1.82, 2.24) is 0 Å². The van der Waals surface area contributed by atoms with E-state index in [0.717, 1.165) is 12.1 Å².